The van der Waals surface area contributed by atoms with Crippen molar-refractivity contribution in [2.45, 2.75) is 26.3 Å². The summed E-state index contributed by atoms with van der Waals surface area (Å²) in [5.41, 5.74) is 2.59. The van der Waals surface area contributed by atoms with Crippen LogP contribution in [0.25, 0.3) is 0 Å². The van der Waals surface area contributed by atoms with Gasteiger partial charge < -0.3 is 14.8 Å². The number of hydrogen-bond donors (Lipinski definition) is 1. The van der Waals surface area contributed by atoms with Crippen molar-refractivity contribution in [3.05, 3.63) is 54.4 Å². The third-order valence-electron chi connectivity index (χ3n) is 4.50. The number of hydrogen-bond acceptors (Lipinski definition) is 2. The molecule has 0 aliphatic carbocycles. The molecule has 1 fully saturated rings. The van der Waals surface area contributed by atoms with Crippen LogP contribution in [0.15, 0.2) is 48.8 Å². The molecule has 2 aromatic rings. The van der Waals surface area contributed by atoms with Gasteiger partial charge >= 0.3 is 0 Å². The van der Waals surface area contributed by atoms with E-state index in [0.717, 1.165) is 32.6 Å². The second-order valence-corrected chi connectivity index (χ2v) is 6.41. The second kappa shape index (κ2) is 7.36. The summed E-state index contributed by atoms with van der Waals surface area (Å²) in [6.07, 6.45) is 5.67. The molecule has 1 aliphatic rings. The van der Waals surface area contributed by atoms with Crippen LogP contribution in [0.3, 0.4) is 0 Å². The molecule has 1 aromatic heterocycles. The van der Waals surface area contributed by atoms with Crippen LogP contribution in [0, 0.1) is 12.8 Å². The molecule has 1 N–H and O–H groups in total. The summed E-state index contributed by atoms with van der Waals surface area (Å²) in [6.45, 7) is 5.77. The minimum absolute atomic E-state index is 0.146. The molecule has 0 unspecified atom stereocenters. The highest BCUT2D eigenvalue weighted by atomic mass is 16.1. The number of rotatable bonds is 6. The quantitative estimate of drug-likeness (QED) is 0.891. The van der Waals surface area contributed by atoms with E-state index in [1.165, 1.54) is 11.3 Å². The molecule has 2 heterocycles. The average molecular weight is 311 g/mol. The molecule has 0 saturated carbocycles. The van der Waals surface area contributed by atoms with Gasteiger partial charge in [0.1, 0.15) is 0 Å². The lowest BCUT2D eigenvalue weighted by atomic mass is 10.1. The maximum Gasteiger partial charge on any atom is 0.221 e. The van der Waals surface area contributed by atoms with Gasteiger partial charge in [-0.1, -0.05) is 12.1 Å². The molecule has 23 heavy (non-hydrogen) atoms. The SMILES string of the molecule is Cc1cccc(N2CC[C@H](CNC(=O)CCn3cccc3)C2)c1. The fraction of sp³-hybridized carbons (Fsp3) is 0.421. The molecular weight excluding hydrogens is 286 g/mol. The maximum atomic E-state index is 12.0. The van der Waals surface area contributed by atoms with Crippen LogP contribution < -0.4 is 10.2 Å². The predicted octanol–water partition coefficient (Wildman–Crippen LogP) is 2.83. The van der Waals surface area contributed by atoms with Crippen molar-refractivity contribution >= 4 is 11.6 Å². The van der Waals surface area contributed by atoms with Gasteiger partial charge in [0.15, 0.2) is 0 Å². The Balaban J connectivity index is 1.40. The highest BCUT2D eigenvalue weighted by Gasteiger charge is 2.23. The summed E-state index contributed by atoms with van der Waals surface area (Å²) in [5, 5.41) is 3.09. The van der Waals surface area contributed by atoms with Gasteiger partial charge in [-0.15, -0.1) is 0 Å². The number of benzene rings is 1. The van der Waals surface area contributed by atoms with Crippen LogP contribution in [0.5, 0.6) is 0 Å². The Hall–Kier alpha value is -2.23. The molecule has 1 aromatic carbocycles. The normalized spacial score (nSPS) is 17.4. The standard InChI is InChI=1S/C19H25N3O/c1-16-5-4-6-18(13-16)22-12-7-17(15-22)14-20-19(23)8-11-21-9-2-3-10-21/h2-6,9-10,13,17H,7-8,11-12,14-15H2,1H3,(H,20,23)/t17-/m1/s1. The van der Waals surface area contributed by atoms with E-state index in [1.54, 1.807) is 0 Å². The fourth-order valence-electron chi connectivity index (χ4n) is 3.15. The summed E-state index contributed by atoms with van der Waals surface area (Å²) in [5.74, 6) is 0.693. The summed E-state index contributed by atoms with van der Waals surface area (Å²) < 4.78 is 2.04. The van der Waals surface area contributed by atoms with Crippen LogP contribution in [0.4, 0.5) is 5.69 Å². The van der Waals surface area contributed by atoms with E-state index in [9.17, 15) is 4.79 Å². The van der Waals surface area contributed by atoms with Crippen LogP contribution in [-0.2, 0) is 11.3 Å². The molecular formula is C19H25N3O. The van der Waals surface area contributed by atoms with Crippen molar-refractivity contribution in [2.24, 2.45) is 5.92 Å². The Bertz CT molecular complexity index is 636. The minimum atomic E-state index is 0.146. The summed E-state index contributed by atoms with van der Waals surface area (Å²) in [4.78, 5) is 14.4. The fourth-order valence-corrected chi connectivity index (χ4v) is 3.15. The van der Waals surface area contributed by atoms with Crippen LogP contribution in [-0.4, -0.2) is 30.1 Å². The molecule has 4 nitrogen and oxygen atoms in total. The van der Waals surface area contributed by atoms with E-state index in [0.29, 0.717) is 12.3 Å². The molecule has 0 spiro atoms. The first kappa shape index (κ1) is 15.7. The Kier molecular flexibility index (Phi) is 5.01. The number of carbonyl (C=O) groups is 1. The van der Waals surface area contributed by atoms with E-state index >= 15 is 0 Å². The van der Waals surface area contributed by atoms with E-state index in [1.807, 2.05) is 29.1 Å². The van der Waals surface area contributed by atoms with Gasteiger partial charge in [0.2, 0.25) is 5.91 Å². The second-order valence-electron chi connectivity index (χ2n) is 6.41. The molecule has 1 saturated heterocycles. The van der Waals surface area contributed by atoms with Gasteiger partial charge in [-0.25, -0.2) is 0 Å². The molecule has 4 heteroatoms. The zero-order valence-electron chi connectivity index (χ0n) is 13.7. The number of amides is 1. The number of nitrogens with one attached hydrogen (secondary N) is 1. The largest absolute Gasteiger partial charge is 0.371 e. The van der Waals surface area contributed by atoms with E-state index in [2.05, 4.69) is 41.4 Å². The van der Waals surface area contributed by atoms with Crippen molar-refractivity contribution in [3.8, 4) is 0 Å². The lowest BCUT2D eigenvalue weighted by Gasteiger charge is -2.19. The monoisotopic (exact) mass is 311 g/mol. The zero-order valence-corrected chi connectivity index (χ0v) is 13.7. The van der Waals surface area contributed by atoms with E-state index in [-0.39, 0.29) is 5.91 Å². The van der Waals surface area contributed by atoms with Gasteiger partial charge in [0, 0.05) is 50.7 Å². The number of aromatic nitrogens is 1. The Morgan fingerprint density at radius 3 is 2.87 bits per heavy atom. The lowest BCUT2D eigenvalue weighted by molar-refractivity contribution is -0.121. The lowest BCUT2D eigenvalue weighted by Crippen LogP contribution is -2.31. The van der Waals surface area contributed by atoms with Crippen LogP contribution in [0.1, 0.15) is 18.4 Å². The first-order chi connectivity index (χ1) is 11.2. The van der Waals surface area contributed by atoms with Crippen LogP contribution >= 0.6 is 0 Å². The third-order valence-corrected chi connectivity index (χ3v) is 4.50. The highest BCUT2D eigenvalue weighted by molar-refractivity contribution is 5.75. The third kappa shape index (κ3) is 4.38. The predicted molar refractivity (Wildman–Crippen MR) is 93.6 cm³/mol. The molecule has 3 rings (SSSR count). The van der Waals surface area contributed by atoms with E-state index in [4.69, 9.17) is 0 Å². The summed E-state index contributed by atoms with van der Waals surface area (Å²) in [7, 11) is 0. The molecule has 0 radical (unpaired) electrons. The minimum Gasteiger partial charge on any atom is -0.371 e. The highest BCUT2D eigenvalue weighted by Crippen LogP contribution is 2.24. The average Bonchev–Trinajstić information content (AvgIpc) is 3.22. The Morgan fingerprint density at radius 2 is 2.09 bits per heavy atom. The van der Waals surface area contributed by atoms with Gasteiger partial charge in [0.05, 0.1) is 0 Å². The van der Waals surface area contributed by atoms with Crippen molar-refractivity contribution in [2.75, 3.05) is 24.5 Å². The van der Waals surface area contributed by atoms with Gasteiger partial charge in [0.25, 0.3) is 0 Å². The Labute approximate surface area is 138 Å². The van der Waals surface area contributed by atoms with Gasteiger partial charge in [-0.05, 0) is 49.1 Å². The molecule has 0 bridgehead atoms. The van der Waals surface area contributed by atoms with Crippen molar-refractivity contribution in [3.63, 3.8) is 0 Å². The van der Waals surface area contributed by atoms with Crippen molar-refractivity contribution in [1.82, 2.24) is 9.88 Å². The Morgan fingerprint density at radius 1 is 1.26 bits per heavy atom. The maximum absolute atomic E-state index is 12.0. The van der Waals surface area contributed by atoms with Crippen molar-refractivity contribution < 1.29 is 4.79 Å². The number of carbonyl (C=O) groups excluding carboxylic acids is 1. The van der Waals surface area contributed by atoms with Crippen molar-refractivity contribution in [1.29, 1.82) is 0 Å². The number of aryl methyl sites for hydroxylation is 2. The zero-order chi connectivity index (χ0) is 16.1. The van der Waals surface area contributed by atoms with E-state index < -0.39 is 0 Å². The smallest absolute Gasteiger partial charge is 0.221 e. The van der Waals surface area contributed by atoms with Gasteiger partial charge in [-0.2, -0.15) is 0 Å². The number of anilines is 1. The van der Waals surface area contributed by atoms with Gasteiger partial charge in [-0.3, -0.25) is 4.79 Å². The molecule has 1 atom stereocenters. The summed E-state index contributed by atoms with van der Waals surface area (Å²) in [6, 6.07) is 12.6. The number of nitrogens with zero attached hydrogens (tertiary/aromatic N) is 2. The van der Waals surface area contributed by atoms with Crippen LogP contribution in [0.2, 0.25) is 0 Å². The molecule has 122 valence electrons. The first-order valence-corrected chi connectivity index (χ1v) is 8.40. The summed E-state index contributed by atoms with van der Waals surface area (Å²) >= 11 is 0. The topological polar surface area (TPSA) is 37.3 Å². The first-order valence-electron chi connectivity index (χ1n) is 8.40. The molecule has 1 aliphatic heterocycles. The molecule has 1 amide bonds.